The van der Waals surface area contributed by atoms with Crippen LogP contribution in [0.2, 0.25) is 0 Å². The number of hydrogen-bond donors (Lipinski definition) is 6. The first-order valence-corrected chi connectivity index (χ1v) is 21.0. The van der Waals surface area contributed by atoms with Crippen LogP contribution < -0.4 is 0 Å². The number of nitrogens with zero attached hydrogens (tertiary/aromatic N) is 1. The first kappa shape index (κ1) is 35.9. The number of phenolic OH excluding ortho intramolecular Hbond substituents is 6. The predicted octanol–water partition coefficient (Wildman–Crippen LogP) is 7.33. The van der Waals surface area contributed by atoms with Gasteiger partial charge in [0.25, 0.3) is 0 Å². The number of aryl methyl sites for hydroxylation is 2. The van der Waals surface area contributed by atoms with Crippen molar-refractivity contribution in [2.45, 2.75) is 25.7 Å². The maximum absolute atomic E-state index is 12.0. The molecule has 0 fully saturated rings. The van der Waals surface area contributed by atoms with Crippen LogP contribution in [0.5, 0.6) is 34.5 Å². The van der Waals surface area contributed by atoms with Crippen LogP contribution in [0.1, 0.15) is 34.3 Å². The van der Waals surface area contributed by atoms with E-state index in [9.17, 15) is 20.1 Å². The Morgan fingerprint density at radius 2 is 1.02 bits per heavy atom. The van der Waals surface area contributed by atoms with Crippen molar-refractivity contribution in [3.05, 3.63) is 108 Å². The Labute approximate surface area is 267 Å². The van der Waals surface area contributed by atoms with Crippen molar-refractivity contribution in [2.75, 3.05) is 0 Å². The summed E-state index contributed by atoms with van der Waals surface area (Å²) in [6, 6.07) is 27.1. The zero-order valence-corrected chi connectivity index (χ0v) is 27.4. The monoisotopic (exact) mass is 820 g/mol. The van der Waals surface area contributed by atoms with Gasteiger partial charge in [-0.05, 0) is 24.0 Å². The van der Waals surface area contributed by atoms with E-state index in [0.717, 1.165) is 42.3 Å². The standard InChI is InChI=1S/C15H14O4.C9H9N.C6H6O3.2HI.V/c16-11-8-13(18)15(14(19)9-11)12(17)7-6-10-4-2-1-3-5-10;10-8-4-7-9-5-2-1-3-6-9;7-4-1-5(8)3-6(9)2-4;;;/h1-5,8-9,16,18-19H,6-7H2;1-3,5-6H,4,7H2;1-3,7-9H;2*1H;/q;;;;;+2/p-2. The van der Waals surface area contributed by atoms with Gasteiger partial charge in [-0.2, -0.15) is 5.26 Å². The molecule has 0 unspecified atom stereocenters. The van der Waals surface area contributed by atoms with Gasteiger partial charge in [0.1, 0.15) is 40.1 Å². The van der Waals surface area contributed by atoms with Gasteiger partial charge in [-0.15, -0.1) is 0 Å². The molecular weight excluding hydrogens is 791 g/mol. The Morgan fingerprint density at radius 3 is 1.41 bits per heavy atom. The van der Waals surface area contributed by atoms with Crippen molar-refractivity contribution in [3.63, 3.8) is 0 Å². The minimum absolute atomic E-state index is 0.145. The Hall–Kier alpha value is -3.12. The summed E-state index contributed by atoms with van der Waals surface area (Å²) in [5.41, 5.74) is 2.10. The van der Waals surface area contributed by atoms with Crippen LogP contribution in [0.25, 0.3) is 0 Å². The van der Waals surface area contributed by atoms with Crippen LogP contribution in [-0.2, 0) is 22.3 Å². The minimum atomic E-state index is -0.407. The number of nitriles is 1. The van der Waals surface area contributed by atoms with E-state index in [1.54, 1.807) is 0 Å². The van der Waals surface area contributed by atoms with Crippen molar-refractivity contribution in [3.8, 4) is 40.6 Å². The number of halogens is 2. The van der Waals surface area contributed by atoms with Crippen LogP contribution in [0.15, 0.2) is 91.0 Å². The second-order valence-electron chi connectivity index (χ2n) is 8.18. The third-order valence-corrected chi connectivity index (χ3v) is 5.10. The third-order valence-electron chi connectivity index (χ3n) is 5.10. The van der Waals surface area contributed by atoms with E-state index in [2.05, 4.69) is 46.0 Å². The molecule has 0 aromatic heterocycles. The molecule has 11 heteroatoms. The molecule has 215 valence electrons. The molecule has 8 nitrogen and oxygen atoms in total. The number of aromatic hydroxyl groups is 6. The summed E-state index contributed by atoms with van der Waals surface area (Å²) in [4.78, 5) is 12.0. The summed E-state index contributed by atoms with van der Waals surface area (Å²) in [6.07, 6.45) is 2.19. The zero-order chi connectivity index (χ0) is 30.6. The molecule has 0 amide bonds. The van der Waals surface area contributed by atoms with Crippen LogP contribution in [-0.4, -0.2) is 36.4 Å². The summed E-state index contributed by atoms with van der Waals surface area (Å²) in [7, 11) is 0.628. The molecular formula is C30H29I2NO7V. The third kappa shape index (κ3) is 15.5. The fourth-order valence-electron chi connectivity index (χ4n) is 3.34. The number of hydrogen-bond acceptors (Lipinski definition) is 8. The average Bonchev–Trinajstić information content (AvgIpc) is 2.92. The summed E-state index contributed by atoms with van der Waals surface area (Å²) in [5.74, 6) is -1.90. The quantitative estimate of drug-likeness (QED) is 0.0871. The van der Waals surface area contributed by atoms with Crippen LogP contribution in [0.3, 0.4) is 0 Å². The number of carbonyl (C=O) groups excluding carboxylic acids is 1. The van der Waals surface area contributed by atoms with Gasteiger partial charge in [0.05, 0.1) is 6.07 Å². The molecule has 4 aromatic carbocycles. The average molecular weight is 820 g/mol. The van der Waals surface area contributed by atoms with E-state index in [-0.39, 0.29) is 40.8 Å². The molecule has 4 aromatic rings. The Balaban J connectivity index is 0.000000321. The maximum atomic E-state index is 12.0. The molecule has 6 N–H and O–H groups in total. The molecule has 0 spiro atoms. The van der Waals surface area contributed by atoms with Gasteiger partial charge in [0.2, 0.25) is 0 Å². The molecule has 0 aliphatic rings. The van der Waals surface area contributed by atoms with E-state index >= 15 is 0 Å². The molecule has 0 heterocycles. The first-order valence-electron chi connectivity index (χ1n) is 12.0. The fourth-order valence-corrected chi connectivity index (χ4v) is 3.34. The molecule has 0 saturated carbocycles. The summed E-state index contributed by atoms with van der Waals surface area (Å²) in [5, 5.41) is 62.7. The van der Waals surface area contributed by atoms with E-state index in [1.165, 1.54) is 5.56 Å². The molecule has 41 heavy (non-hydrogen) atoms. The van der Waals surface area contributed by atoms with Gasteiger partial charge < -0.3 is 30.6 Å². The van der Waals surface area contributed by atoms with Crippen molar-refractivity contribution < 1.29 is 44.9 Å². The summed E-state index contributed by atoms with van der Waals surface area (Å²) in [6.45, 7) is 0. The van der Waals surface area contributed by atoms with Gasteiger partial charge >= 0.3 is 49.4 Å². The van der Waals surface area contributed by atoms with Crippen molar-refractivity contribution in [2.24, 2.45) is 0 Å². The molecule has 0 atom stereocenters. The predicted molar refractivity (Wildman–Crippen MR) is 170 cm³/mol. The Morgan fingerprint density at radius 1 is 0.659 bits per heavy atom. The molecule has 0 saturated heterocycles. The van der Waals surface area contributed by atoms with Gasteiger partial charge in [0, 0.05) is 43.2 Å². The SMILES string of the molecule is N#CCCc1ccccc1.O=C(CCc1ccccc1)c1c(O)cc(O)cc1O.Oc1cc(O)cc(O)c1.[I][V][I]. The zero-order valence-electron chi connectivity index (χ0n) is 21.7. The number of phenols is 6. The number of ketones is 1. The number of benzene rings is 4. The van der Waals surface area contributed by atoms with E-state index in [4.69, 9.17) is 20.6 Å². The first-order chi connectivity index (χ1) is 19.6. The van der Waals surface area contributed by atoms with Gasteiger partial charge in [0.15, 0.2) is 5.78 Å². The van der Waals surface area contributed by atoms with Gasteiger partial charge in [-0.25, -0.2) is 0 Å². The molecule has 4 rings (SSSR count). The van der Waals surface area contributed by atoms with Gasteiger partial charge in [-0.1, -0.05) is 60.7 Å². The van der Waals surface area contributed by atoms with E-state index in [1.807, 2.05) is 60.7 Å². The molecule has 0 radical (unpaired) electrons. The molecule has 0 aliphatic heterocycles. The van der Waals surface area contributed by atoms with Crippen molar-refractivity contribution in [1.82, 2.24) is 0 Å². The van der Waals surface area contributed by atoms with Crippen molar-refractivity contribution >= 4 is 45.7 Å². The Bertz CT molecular complexity index is 1310. The van der Waals surface area contributed by atoms with Crippen molar-refractivity contribution in [1.29, 1.82) is 5.26 Å². The fraction of sp³-hybridized carbons (Fsp3) is 0.133. The summed E-state index contributed by atoms with van der Waals surface area (Å²) < 4.78 is 0. The number of rotatable bonds is 6. The van der Waals surface area contributed by atoms with Crippen LogP contribution in [0, 0.1) is 11.3 Å². The van der Waals surface area contributed by atoms with Gasteiger partial charge in [-0.3, -0.25) is 4.79 Å². The van der Waals surface area contributed by atoms with E-state index < -0.39 is 11.5 Å². The number of carbonyl (C=O) groups is 1. The second-order valence-corrected chi connectivity index (χ2v) is 20.0. The molecule has 0 aliphatic carbocycles. The van der Waals surface area contributed by atoms with E-state index in [0.29, 0.717) is 22.3 Å². The normalized spacial score (nSPS) is 9.29. The second kappa shape index (κ2) is 20.7. The molecule has 0 bridgehead atoms. The number of Topliss-reactive ketones (excluding diaryl/α,β-unsaturated/α-hetero) is 1. The van der Waals surface area contributed by atoms with Crippen LogP contribution >= 0.6 is 40.0 Å². The van der Waals surface area contributed by atoms with Crippen LogP contribution in [0.4, 0.5) is 0 Å². The Kier molecular flexibility index (Phi) is 18.1. The topological polar surface area (TPSA) is 162 Å². The summed E-state index contributed by atoms with van der Waals surface area (Å²) >= 11 is 4.74.